The molecule has 2 aliphatic heterocycles. The zero-order valence-electron chi connectivity index (χ0n) is 15.2. The van der Waals surface area contributed by atoms with Crippen molar-refractivity contribution in [3.8, 4) is 0 Å². The summed E-state index contributed by atoms with van der Waals surface area (Å²) in [6.07, 6.45) is 0.602. The molecule has 0 saturated heterocycles. The van der Waals surface area contributed by atoms with Crippen LogP contribution in [0.2, 0.25) is 0 Å². The van der Waals surface area contributed by atoms with Crippen molar-refractivity contribution in [2.75, 3.05) is 14.2 Å². The second kappa shape index (κ2) is 6.67. The van der Waals surface area contributed by atoms with Gasteiger partial charge in [0.25, 0.3) is 0 Å². The smallest absolute Gasteiger partial charge is 0.337 e. The van der Waals surface area contributed by atoms with Crippen molar-refractivity contribution in [2.24, 2.45) is 0 Å². The molecule has 2 atom stereocenters. The fraction of sp³-hybridized carbons (Fsp3) is 0.273. The highest BCUT2D eigenvalue weighted by atomic mass is 16.6. The normalized spacial score (nSPS) is 22.5. The minimum absolute atomic E-state index is 0.246. The molecule has 27 heavy (non-hydrogen) atoms. The van der Waals surface area contributed by atoms with Gasteiger partial charge in [0, 0.05) is 0 Å². The van der Waals surface area contributed by atoms with Crippen LogP contribution < -0.4 is 0 Å². The molecule has 0 aromatic heterocycles. The summed E-state index contributed by atoms with van der Waals surface area (Å²) in [5.41, 5.74) is 2.45. The fourth-order valence-corrected chi connectivity index (χ4v) is 4.16. The van der Waals surface area contributed by atoms with Crippen LogP contribution in [0, 0.1) is 0 Å². The van der Waals surface area contributed by atoms with Crippen molar-refractivity contribution in [1.82, 2.24) is 0 Å². The van der Waals surface area contributed by atoms with Gasteiger partial charge in [0.05, 0.1) is 25.4 Å². The first-order chi connectivity index (χ1) is 13.1. The summed E-state index contributed by atoms with van der Waals surface area (Å²) < 4.78 is 16.3. The third kappa shape index (κ3) is 2.58. The molecule has 2 unspecified atom stereocenters. The molecule has 0 saturated carbocycles. The van der Waals surface area contributed by atoms with Gasteiger partial charge in [-0.05, 0) is 29.5 Å². The summed E-state index contributed by atoms with van der Waals surface area (Å²) in [4.78, 5) is 25.2. The molecule has 0 amide bonds. The van der Waals surface area contributed by atoms with Crippen LogP contribution in [0.4, 0.5) is 0 Å². The molecular formula is C22H20O5. The Bertz CT molecular complexity index is 931. The molecule has 2 aromatic carbocycles. The SMILES string of the molecule is COC(=O)C1=C(C(=O)OC)C2(CCc3ccccc3)OC1c1ccccc12. The summed E-state index contributed by atoms with van der Waals surface area (Å²) in [5.74, 6) is -1.11. The van der Waals surface area contributed by atoms with Crippen LogP contribution in [-0.4, -0.2) is 26.2 Å². The van der Waals surface area contributed by atoms with Gasteiger partial charge in [0.2, 0.25) is 0 Å². The van der Waals surface area contributed by atoms with Crippen molar-refractivity contribution in [2.45, 2.75) is 24.5 Å². The molecule has 4 rings (SSSR count). The lowest BCUT2D eigenvalue weighted by molar-refractivity contribution is -0.140. The standard InChI is InChI=1S/C22H20O5/c1-25-20(23)17-18(21(24)26-2)22(13-12-14-8-4-3-5-9-14)16-11-7-6-10-15(16)19(17)27-22/h3-11,19H,12-13H2,1-2H3. The maximum atomic E-state index is 12.7. The van der Waals surface area contributed by atoms with E-state index in [1.807, 2.05) is 54.6 Å². The molecule has 5 nitrogen and oxygen atoms in total. The topological polar surface area (TPSA) is 61.8 Å². The van der Waals surface area contributed by atoms with Crippen LogP contribution in [0.3, 0.4) is 0 Å². The molecule has 138 valence electrons. The van der Waals surface area contributed by atoms with E-state index in [2.05, 4.69) is 0 Å². The lowest BCUT2D eigenvalue weighted by Gasteiger charge is -2.29. The van der Waals surface area contributed by atoms with Gasteiger partial charge in [-0.15, -0.1) is 0 Å². The van der Waals surface area contributed by atoms with Crippen molar-refractivity contribution in [3.05, 3.63) is 82.4 Å². The van der Waals surface area contributed by atoms with Crippen LogP contribution in [0.15, 0.2) is 65.7 Å². The Kier molecular flexibility index (Phi) is 4.32. The van der Waals surface area contributed by atoms with E-state index in [0.717, 1.165) is 16.7 Å². The molecule has 0 aliphatic carbocycles. The van der Waals surface area contributed by atoms with E-state index in [-0.39, 0.29) is 11.1 Å². The number of rotatable bonds is 5. The average molecular weight is 364 g/mol. The number of fused-ring (bicyclic) bond motifs is 5. The minimum Gasteiger partial charge on any atom is -0.466 e. The first-order valence-corrected chi connectivity index (χ1v) is 8.85. The van der Waals surface area contributed by atoms with Crippen LogP contribution in [-0.2, 0) is 35.8 Å². The zero-order chi connectivity index (χ0) is 19.0. The van der Waals surface area contributed by atoms with Crippen LogP contribution in [0.1, 0.15) is 29.2 Å². The Morgan fingerprint density at radius 1 is 0.963 bits per heavy atom. The van der Waals surface area contributed by atoms with Crippen LogP contribution in [0.25, 0.3) is 0 Å². The van der Waals surface area contributed by atoms with E-state index in [1.54, 1.807) is 0 Å². The van der Waals surface area contributed by atoms with Gasteiger partial charge in [-0.2, -0.15) is 0 Å². The summed E-state index contributed by atoms with van der Waals surface area (Å²) in [5, 5.41) is 0. The fourth-order valence-electron chi connectivity index (χ4n) is 4.16. The summed E-state index contributed by atoms with van der Waals surface area (Å²) in [6, 6.07) is 17.7. The quantitative estimate of drug-likeness (QED) is 0.762. The van der Waals surface area contributed by atoms with Crippen LogP contribution >= 0.6 is 0 Å². The largest absolute Gasteiger partial charge is 0.466 e. The first kappa shape index (κ1) is 17.5. The van der Waals surface area contributed by atoms with Crippen LogP contribution in [0.5, 0.6) is 0 Å². The van der Waals surface area contributed by atoms with Gasteiger partial charge in [-0.25, -0.2) is 9.59 Å². The predicted molar refractivity (Wildman–Crippen MR) is 97.8 cm³/mol. The van der Waals surface area contributed by atoms with Crippen molar-refractivity contribution in [1.29, 1.82) is 0 Å². The van der Waals surface area contributed by atoms with Gasteiger partial charge in [0.15, 0.2) is 0 Å². The molecule has 0 N–H and O–H groups in total. The number of carbonyl (C=O) groups is 2. The minimum atomic E-state index is -1.01. The van der Waals surface area contributed by atoms with E-state index in [9.17, 15) is 9.59 Å². The summed E-state index contributed by atoms with van der Waals surface area (Å²) in [6.45, 7) is 0. The zero-order valence-corrected chi connectivity index (χ0v) is 15.2. The highest BCUT2D eigenvalue weighted by molar-refractivity contribution is 6.05. The molecular weight excluding hydrogens is 344 g/mol. The Hall–Kier alpha value is -2.92. The van der Waals surface area contributed by atoms with Gasteiger partial charge in [0.1, 0.15) is 11.7 Å². The molecule has 2 heterocycles. The number of esters is 2. The maximum Gasteiger partial charge on any atom is 0.337 e. The molecule has 0 radical (unpaired) electrons. The van der Waals surface area contributed by atoms with Crippen molar-refractivity contribution in [3.63, 3.8) is 0 Å². The number of hydrogen-bond acceptors (Lipinski definition) is 5. The number of aryl methyl sites for hydroxylation is 1. The van der Waals surface area contributed by atoms with Gasteiger partial charge >= 0.3 is 11.9 Å². The Morgan fingerprint density at radius 2 is 1.63 bits per heavy atom. The Labute approximate surface area is 157 Å². The molecule has 5 heteroatoms. The number of ether oxygens (including phenoxy) is 3. The average Bonchev–Trinajstić information content (AvgIpc) is 3.24. The number of carbonyl (C=O) groups excluding carboxylic acids is 2. The molecule has 0 fully saturated rings. The number of methoxy groups -OCH3 is 2. The second-order valence-corrected chi connectivity index (χ2v) is 6.67. The monoisotopic (exact) mass is 364 g/mol. The second-order valence-electron chi connectivity index (χ2n) is 6.67. The third-order valence-electron chi connectivity index (χ3n) is 5.34. The van der Waals surface area contributed by atoms with Gasteiger partial charge < -0.3 is 14.2 Å². The summed E-state index contributed by atoms with van der Waals surface area (Å²) in [7, 11) is 2.62. The number of benzene rings is 2. The van der Waals surface area contributed by atoms with E-state index in [1.165, 1.54) is 14.2 Å². The van der Waals surface area contributed by atoms with Crippen molar-refractivity contribution < 1.29 is 23.8 Å². The van der Waals surface area contributed by atoms with E-state index in [4.69, 9.17) is 14.2 Å². The molecule has 2 aliphatic rings. The van der Waals surface area contributed by atoms with Gasteiger partial charge in [-0.3, -0.25) is 0 Å². The predicted octanol–water partition coefficient (Wildman–Crippen LogP) is 3.24. The lowest BCUT2D eigenvalue weighted by atomic mass is 9.74. The van der Waals surface area contributed by atoms with E-state index < -0.39 is 23.6 Å². The lowest BCUT2D eigenvalue weighted by Crippen LogP contribution is -2.33. The van der Waals surface area contributed by atoms with Gasteiger partial charge in [-0.1, -0.05) is 54.6 Å². The third-order valence-corrected chi connectivity index (χ3v) is 5.34. The highest BCUT2D eigenvalue weighted by Crippen LogP contribution is 2.60. The first-order valence-electron chi connectivity index (χ1n) is 8.85. The highest BCUT2D eigenvalue weighted by Gasteiger charge is 2.60. The van der Waals surface area contributed by atoms with E-state index >= 15 is 0 Å². The Balaban J connectivity index is 1.85. The molecule has 2 bridgehead atoms. The molecule has 2 aromatic rings. The Morgan fingerprint density at radius 3 is 2.33 bits per heavy atom. The molecule has 0 spiro atoms. The van der Waals surface area contributed by atoms with Crippen molar-refractivity contribution >= 4 is 11.9 Å². The maximum absolute atomic E-state index is 12.7. The summed E-state index contributed by atoms with van der Waals surface area (Å²) >= 11 is 0. The number of hydrogen-bond donors (Lipinski definition) is 0. The van der Waals surface area contributed by atoms with E-state index in [0.29, 0.717) is 12.8 Å².